The molecule has 0 aliphatic rings. The van der Waals surface area contributed by atoms with Gasteiger partial charge in [0.25, 0.3) is 0 Å². The van der Waals surface area contributed by atoms with Crippen LogP contribution >= 0.6 is 0 Å². The molecule has 0 saturated heterocycles. The standard InChI is InChI=1S/C16H12N2O3/c1-10-7-8-11-4-2-5-12(14(11)18-10)21-13-6-3-9-17-15(13)16(19)20/h2-9H,1H3,(H,19,20). The summed E-state index contributed by atoms with van der Waals surface area (Å²) in [7, 11) is 0. The number of hydrogen-bond acceptors (Lipinski definition) is 4. The summed E-state index contributed by atoms with van der Waals surface area (Å²) in [6.45, 7) is 1.89. The highest BCUT2D eigenvalue weighted by atomic mass is 16.5. The number of aromatic carboxylic acids is 1. The van der Waals surface area contributed by atoms with Crippen LogP contribution in [0.3, 0.4) is 0 Å². The number of carboxylic acids is 1. The summed E-state index contributed by atoms with van der Waals surface area (Å²) in [5.74, 6) is -0.428. The summed E-state index contributed by atoms with van der Waals surface area (Å²) in [6, 6.07) is 12.6. The van der Waals surface area contributed by atoms with Crippen LogP contribution in [0, 0.1) is 6.92 Å². The van der Waals surface area contributed by atoms with Gasteiger partial charge in [0.05, 0.1) is 0 Å². The zero-order valence-electron chi connectivity index (χ0n) is 11.3. The Morgan fingerprint density at radius 2 is 1.90 bits per heavy atom. The van der Waals surface area contributed by atoms with Crippen LogP contribution in [-0.2, 0) is 0 Å². The normalized spacial score (nSPS) is 10.5. The Labute approximate surface area is 120 Å². The molecule has 5 heteroatoms. The van der Waals surface area contributed by atoms with Gasteiger partial charge in [-0.25, -0.2) is 14.8 Å². The number of ether oxygens (including phenoxy) is 1. The Morgan fingerprint density at radius 1 is 1.10 bits per heavy atom. The molecule has 0 amide bonds. The fraction of sp³-hybridized carbons (Fsp3) is 0.0625. The van der Waals surface area contributed by atoms with Gasteiger partial charge in [0.2, 0.25) is 0 Å². The molecule has 0 radical (unpaired) electrons. The molecule has 2 aromatic heterocycles. The molecule has 0 saturated carbocycles. The van der Waals surface area contributed by atoms with Crippen LogP contribution < -0.4 is 4.74 Å². The maximum Gasteiger partial charge on any atom is 0.358 e. The monoisotopic (exact) mass is 280 g/mol. The van der Waals surface area contributed by atoms with Crippen molar-refractivity contribution in [2.75, 3.05) is 0 Å². The molecule has 3 aromatic rings. The van der Waals surface area contributed by atoms with Crippen LogP contribution in [0.4, 0.5) is 0 Å². The van der Waals surface area contributed by atoms with Gasteiger partial charge in [0, 0.05) is 17.3 Å². The lowest BCUT2D eigenvalue weighted by atomic mass is 10.2. The quantitative estimate of drug-likeness (QED) is 0.795. The topological polar surface area (TPSA) is 72.3 Å². The molecule has 0 fully saturated rings. The van der Waals surface area contributed by atoms with Crippen LogP contribution in [0.5, 0.6) is 11.5 Å². The van der Waals surface area contributed by atoms with Crippen molar-refractivity contribution in [1.82, 2.24) is 9.97 Å². The van der Waals surface area contributed by atoms with Crippen molar-refractivity contribution in [3.05, 3.63) is 60.0 Å². The molecule has 0 aliphatic heterocycles. The van der Waals surface area contributed by atoms with Crippen molar-refractivity contribution in [2.45, 2.75) is 6.92 Å². The minimum absolute atomic E-state index is 0.123. The second kappa shape index (κ2) is 5.20. The average Bonchev–Trinajstić information content (AvgIpc) is 2.48. The molecule has 5 nitrogen and oxygen atoms in total. The number of para-hydroxylation sites is 1. The number of nitrogens with zero attached hydrogens (tertiary/aromatic N) is 2. The number of aryl methyl sites for hydroxylation is 1. The van der Waals surface area contributed by atoms with Gasteiger partial charge >= 0.3 is 5.97 Å². The first-order chi connectivity index (χ1) is 10.1. The fourth-order valence-electron chi connectivity index (χ4n) is 2.05. The molecular formula is C16H12N2O3. The fourth-order valence-corrected chi connectivity index (χ4v) is 2.05. The lowest BCUT2D eigenvalue weighted by Gasteiger charge is -2.10. The van der Waals surface area contributed by atoms with Gasteiger partial charge in [-0.2, -0.15) is 0 Å². The summed E-state index contributed by atoms with van der Waals surface area (Å²) < 4.78 is 5.73. The number of benzene rings is 1. The SMILES string of the molecule is Cc1ccc2cccc(Oc3cccnc3C(=O)O)c2n1. The first-order valence-electron chi connectivity index (χ1n) is 6.38. The second-order valence-electron chi connectivity index (χ2n) is 4.54. The summed E-state index contributed by atoms with van der Waals surface area (Å²) in [6.07, 6.45) is 1.42. The smallest absolute Gasteiger partial charge is 0.358 e. The number of pyridine rings is 2. The van der Waals surface area contributed by atoms with E-state index < -0.39 is 5.97 Å². The predicted molar refractivity (Wildman–Crippen MR) is 77.8 cm³/mol. The number of carbonyl (C=O) groups is 1. The Balaban J connectivity index is 2.11. The molecular weight excluding hydrogens is 268 g/mol. The number of fused-ring (bicyclic) bond motifs is 1. The van der Waals surface area contributed by atoms with Gasteiger partial charge in [0.1, 0.15) is 5.52 Å². The number of hydrogen-bond donors (Lipinski definition) is 1. The van der Waals surface area contributed by atoms with Crippen LogP contribution in [0.1, 0.15) is 16.2 Å². The second-order valence-corrected chi connectivity index (χ2v) is 4.54. The lowest BCUT2D eigenvalue weighted by Crippen LogP contribution is -2.03. The highest BCUT2D eigenvalue weighted by molar-refractivity contribution is 5.89. The maximum atomic E-state index is 11.2. The molecule has 0 bridgehead atoms. The van der Waals surface area contributed by atoms with E-state index in [4.69, 9.17) is 9.84 Å². The lowest BCUT2D eigenvalue weighted by molar-refractivity contribution is 0.0687. The minimum Gasteiger partial charge on any atom is -0.476 e. The van der Waals surface area contributed by atoms with Crippen molar-refractivity contribution in [2.24, 2.45) is 0 Å². The van der Waals surface area contributed by atoms with E-state index in [1.54, 1.807) is 18.2 Å². The van der Waals surface area contributed by atoms with E-state index in [9.17, 15) is 4.79 Å². The van der Waals surface area contributed by atoms with Gasteiger partial charge in [-0.15, -0.1) is 0 Å². The number of rotatable bonds is 3. The molecule has 1 N–H and O–H groups in total. The Kier molecular flexibility index (Phi) is 3.23. The Morgan fingerprint density at radius 3 is 2.71 bits per heavy atom. The summed E-state index contributed by atoms with van der Waals surface area (Å²) in [5, 5.41) is 10.1. The summed E-state index contributed by atoms with van der Waals surface area (Å²) in [4.78, 5) is 19.5. The van der Waals surface area contributed by atoms with Gasteiger partial charge in [0.15, 0.2) is 17.2 Å². The third-order valence-electron chi connectivity index (χ3n) is 3.02. The first-order valence-corrected chi connectivity index (χ1v) is 6.38. The molecule has 0 spiro atoms. The molecule has 21 heavy (non-hydrogen) atoms. The molecule has 104 valence electrons. The van der Waals surface area contributed by atoms with Crippen LogP contribution in [-0.4, -0.2) is 21.0 Å². The third-order valence-corrected chi connectivity index (χ3v) is 3.02. The van der Waals surface area contributed by atoms with Crippen molar-refractivity contribution < 1.29 is 14.6 Å². The van der Waals surface area contributed by atoms with Crippen LogP contribution in [0.25, 0.3) is 10.9 Å². The van der Waals surface area contributed by atoms with Crippen LogP contribution in [0.2, 0.25) is 0 Å². The van der Waals surface area contributed by atoms with Crippen LogP contribution in [0.15, 0.2) is 48.7 Å². The van der Waals surface area contributed by atoms with E-state index in [1.165, 1.54) is 6.20 Å². The molecule has 0 unspecified atom stereocenters. The zero-order valence-corrected chi connectivity index (χ0v) is 11.3. The third kappa shape index (κ3) is 2.53. The Hall–Kier alpha value is -2.95. The van der Waals surface area contributed by atoms with Gasteiger partial charge < -0.3 is 9.84 Å². The van der Waals surface area contributed by atoms with Crippen molar-refractivity contribution in [3.8, 4) is 11.5 Å². The van der Waals surface area contributed by atoms with Crippen molar-refractivity contribution >= 4 is 16.9 Å². The average molecular weight is 280 g/mol. The summed E-state index contributed by atoms with van der Waals surface area (Å²) >= 11 is 0. The molecule has 1 aromatic carbocycles. The molecule has 0 atom stereocenters. The van der Waals surface area contributed by atoms with E-state index in [-0.39, 0.29) is 11.4 Å². The highest BCUT2D eigenvalue weighted by Gasteiger charge is 2.14. The van der Waals surface area contributed by atoms with Gasteiger partial charge in [-0.1, -0.05) is 18.2 Å². The van der Waals surface area contributed by atoms with Gasteiger partial charge in [-0.05, 0) is 31.2 Å². The van der Waals surface area contributed by atoms with E-state index in [2.05, 4.69) is 9.97 Å². The molecule has 3 rings (SSSR count). The van der Waals surface area contributed by atoms with E-state index in [0.29, 0.717) is 11.3 Å². The highest BCUT2D eigenvalue weighted by Crippen LogP contribution is 2.30. The number of aromatic nitrogens is 2. The van der Waals surface area contributed by atoms with E-state index in [1.807, 2.05) is 31.2 Å². The summed E-state index contributed by atoms with van der Waals surface area (Å²) in [5.41, 5.74) is 1.43. The van der Waals surface area contributed by atoms with E-state index in [0.717, 1.165) is 11.1 Å². The van der Waals surface area contributed by atoms with Crippen molar-refractivity contribution in [1.29, 1.82) is 0 Å². The number of carboxylic acid groups (broad SMARTS) is 1. The molecule has 0 aliphatic carbocycles. The predicted octanol–water partition coefficient (Wildman–Crippen LogP) is 3.43. The molecule has 2 heterocycles. The largest absolute Gasteiger partial charge is 0.476 e. The first kappa shape index (κ1) is 13.1. The Bertz CT molecular complexity index is 831. The van der Waals surface area contributed by atoms with Crippen molar-refractivity contribution in [3.63, 3.8) is 0 Å². The maximum absolute atomic E-state index is 11.2. The van der Waals surface area contributed by atoms with E-state index >= 15 is 0 Å². The van der Waals surface area contributed by atoms with Gasteiger partial charge in [-0.3, -0.25) is 0 Å². The minimum atomic E-state index is -1.13. The zero-order chi connectivity index (χ0) is 14.8.